The molecule has 2 aliphatic rings. The Morgan fingerprint density at radius 1 is 1.15 bits per heavy atom. The molecule has 3 atom stereocenters. The molecule has 1 saturated carbocycles. The normalized spacial score (nSPS) is 19.7. The zero-order valence-electron chi connectivity index (χ0n) is 27.1. The van der Waals surface area contributed by atoms with Gasteiger partial charge in [-0.05, 0) is 50.6 Å². The molecule has 15 heteroatoms. The maximum absolute atomic E-state index is 14.5. The van der Waals surface area contributed by atoms with Gasteiger partial charge in [0.1, 0.15) is 23.0 Å². The molecule has 254 valence electrons. The van der Waals surface area contributed by atoms with Gasteiger partial charge in [-0.3, -0.25) is 28.8 Å². The van der Waals surface area contributed by atoms with Crippen LogP contribution in [0.2, 0.25) is 0 Å². The Morgan fingerprint density at radius 2 is 1.85 bits per heavy atom. The number of carbonyl (C=O) groups is 5. The molecule has 5 rings (SSSR count). The number of likely N-dealkylation sites (tertiary alicyclic amines) is 1. The van der Waals surface area contributed by atoms with Gasteiger partial charge in [-0.1, -0.05) is 55.5 Å². The minimum atomic E-state index is -1.35. The van der Waals surface area contributed by atoms with Crippen molar-refractivity contribution in [2.45, 2.75) is 89.4 Å². The lowest BCUT2D eigenvalue weighted by atomic mass is 9.85. The number of aliphatic hydroxyl groups is 1. The smallest absolute Gasteiger partial charge is 0.293 e. The molecule has 4 amide bonds. The molecule has 5 N–H and O–H groups in total. The van der Waals surface area contributed by atoms with Crippen molar-refractivity contribution >= 4 is 45.9 Å². The van der Waals surface area contributed by atoms with Crippen molar-refractivity contribution in [3.05, 3.63) is 58.3 Å². The second-order valence-electron chi connectivity index (χ2n) is 13.1. The van der Waals surface area contributed by atoms with E-state index in [1.165, 1.54) is 28.8 Å². The summed E-state index contributed by atoms with van der Waals surface area (Å²) in [6, 6.07) is 5.23. The Bertz CT molecular complexity index is 1830. The summed E-state index contributed by atoms with van der Waals surface area (Å²) >= 11 is 0. The van der Waals surface area contributed by atoms with Gasteiger partial charge in [-0.2, -0.15) is 0 Å². The van der Waals surface area contributed by atoms with Gasteiger partial charge in [0.25, 0.3) is 23.3 Å². The van der Waals surface area contributed by atoms with E-state index in [2.05, 4.69) is 25.6 Å². The SMILES string of the molecule is CC(NC(=O)[C@@H]1C[C@H](n2nncc2C(C)(C)O)CN1C(=O)/C(CC1CCCCC1)=N/C(=O)c1cc2ccccc2c(=O)[nH]1)C(=O)C(N)=O. The Hall–Kier alpha value is -5.05. The standard InChI is InChI=1S/C33H40N8O7/c1-18(27(42)28(34)43)36-31(46)25-15-21(41-26(16-35-39-41)33(2,3)48)17-40(25)32(47)24(13-19-9-5-4-6-10-19)38-30(45)23-14-20-11-7-8-12-22(20)29(44)37-23/h7-8,11-12,14,16,18-19,21,25,48H,4-6,9-10,13,15,17H2,1-3H3,(H2,34,43)(H,36,46)(H,37,44)/b38-24+/t18?,21-,25-/m0/s1. The fourth-order valence-electron chi connectivity index (χ4n) is 6.52. The lowest BCUT2D eigenvalue weighted by molar-refractivity contribution is -0.139. The van der Waals surface area contributed by atoms with Gasteiger partial charge in [-0.15, -0.1) is 5.10 Å². The van der Waals surface area contributed by atoms with E-state index in [0.29, 0.717) is 16.5 Å². The van der Waals surface area contributed by atoms with Crippen LogP contribution in [0.5, 0.6) is 0 Å². The van der Waals surface area contributed by atoms with E-state index in [1.54, 1.807) is 38.1 Å². The van der Waals surface area contributed by atoms with E-state index in [4.69, 9.17) is 5.73 Å². The molecule has 0 bridgehead atoms. The molecule has 1 saturated heterocycles. The second kappa shape index (κ2) is 14.0. The second-order valence-corrected chi connectivity index (χ2v) is 13.1. The Kier molecular flexibility index (Phi) is 9.98. The highest BCUT2D eigenvalue weighted by Crippen LogP contribution is 2.33. The summed E-state index contributed by atoms with van der Waals surface area (Å²) in [4.78, 5) is 86.2. The number of benzene rings is 1. The fourth-order valence-corrected chi connectivity index (χ4v) is 6.52. The van der Waals surface area contributed by atoms with Crippen LogP contribution in [-0.2, 0) is 24.8 Å². The number of H-pyrrole nitrogens is 1. The quantitative estimate of drug-likeness (QED) is 0.181. The summed E-state index contributed by atoms with van der Waals surface area (Å²) in [6.45, 7) is 4.36. The van der Waals surface area contributed by atoms with Crippen molar-refractivity contribution in [1.29, 1.82) is 0 Å². The largest absolute Gasteiger partial charge is 0.384 e. The molecule has 1 aromatic carbocycles. The molecule has 3 heterocycles. The summed E-state index contributed by atoms with van der Waals surface area (Å²) in [5.41, 5.74) is 3.51. The Balaban J connectivity index is 1.52. The number of amides is 4. The summed E-state index contributed by atoms with van der Waals surface area (Å²) < 4.78 is 1.45. The number of nitrogens with zero attached hydrogens (tertiary/aromatic N) is 5. The molecule has 3 aromatic rings. The number of aromatic amines is 1. The van der Waals surface area contributed by atoms with Crippen LogP contribution in [0.25, 0.3) is 10.8 Å². The molecule has 15 nitrogen and oxygen atoms in total. The summed E-state index contributed by atoms with van der Waals surface area (Å²) in [5, 5.41) is 22.2. The Labute approximate surface area is 276 Å². The molecule has 2 fully saturated rings. The fraction of sp³-hybridized carbons (Fsp3) is 0.485. The van der Waals surface area contributed by atoms with E-state index in [1.807, 2.05) is 0 Å². The molecule has 48 heavy (non-hydrogen) atoms. The van der Waals surface area contributed by atoms with Crippen molar-refractivity contribution in [1.82, 2.24) is 30.2 Å². The number of aliphatic imine (C=N–C) groups is 1. The van der Waals surface area contributed by atoms with Gasteiger partial charge in [0.05, 0.1) is 24.0 Å². The third-order valence-electron chi connectivity index (χ3n) is 9.06. The minimum absolute atomic E-state index is 0.0180. The van der Waals surface area contributed by atoms with Gasteiger partial charge < -0.3 is 26.0 Å². The number of primary amides is 1. The van der Waals surface area contributed by atoms with E-state index in [0.717, 1.165) is 32.1 Å². The van der Waals surface area contributed by atoms with Crippen LogP contribution in [-0.4, -0.2) is 83.7 Å². The molecular weight excluding hydrogens is 620 g/mol. The molecule has 0 spiro atoms. The number of nitrogens with one attached hydrogen (secondary N) is 2. The van der Waals surface area contributed by atoms with Gasteiger partial charge >= 0.3 is 0 Å². The number of nitrogens with two attached hydrogens (primary N) is 1. The number of aromatic nitrogens is 4. The molecular formula is C33H40N8O7. The van der Waals surface area contributed by atoms with Crippen molar-refractivity contribution in [3.8, 4) is 0 Å². The monoisotopic (exact) mass is 660 g/mol. The zero-order chi connectivity index (χ0) is 34.7. The number of rotatable bonds is 10. The maximum atomic E-state index is 14.5. The first-order chi connectivity index (χ1) is 22.7. The van der Waals surface area contributed by atoms with Crippen LogP contribution in [0.1, 0.15) is 87.9 Å². The molecule has 2 aromatic heterocycles. The predicted molar refractivity (Wildman–Crippen MR) is 174 cm³/mol. The van der Waals surface area contributed by atoms with Crippen LogP contribution >= 0.6 is 0 Å². The van der Waals surface area contributed by atoms with E-state index in [9.17, 15) is 33.9 Å². The number of carbonyl (C=O) groups excluding carboxylic acids is 5. The van der Waals surface area contributed by atoms with Crippen molar-refractivity contribution in [3.63, 3.8) is 0 Å². The first-order valence-electron chi connectivity index (χ1n) is 16.1. The van der Waals surface area contributed by atoms with E-state index >= 15 is 0 Å². The number of Topliss-reactive ketones (excluding diaryl/α,β-unsaturated/α-hetero) is 1. The third kappa shape index (κ3) is 7.40. The van der Waals surface area contributed by atoms with Crippen LogP contribution in [0, 0.1) is 5.92 Å². The zero-order valence-corrected chi connectivity index (χ0v) is 27.1. The van der Waals surface area contributed by atoms with Crippen LogP contribution in [0.15, 0.2) is 46.3 Å². The third-order valence-corrected chi connectivity index (χ3v) is 9.06. The van der Waals surface area contributed by atoms with Crippen molar-refractivity contribution < 1.29 is 29.1 Å². The lowest BCUT2D eigenvalue weighted by Gasteiger charge is -2.27. The molecule has 1 unspecified atom stereocenters. The van der Waals surface area contributed by atoms with Crippen molar-refractivity contribution in [2.24, 2.45) is 16.6 Å². The van der Waals surface area contributed by atoms with Crippen molar-refractivity contribution in [2.75, 3.05) is 6.54 Å². The number of hydrogen-bond acceptors (Lipinski definition) is 9. The highest BCUT2D eigenvalue weighted by molar-refractivity contribution is 6.41. The summed E-state index contributed by atoms with van der Waals surface area (Å²) in [6.07, 6.45) is 6.25. The van der Waals surface area contributed by atoms with Gasteiger partial charge in [0, 0.05) is 18.4 Å². The van der Waals surface area contributed by atoms with Crippen LogP contribution in [0.3, 0.4) is 0 Å². The van der Waals surface area contributed by atoms with Gasteiger partial charge in [0.15, 0.2) is 0 Å². The van der Waals surface area contributed by atoms with Gasteiger partial charge in [-0.25, -0.2) is 9.67 Å². The first-order valence-corrected chi connectivity index (χ1v) is 16.1. The van der Waals surface area contributed by atoms with Crippen LogP contribution in [0.4, 0.5) is 0 Å². The summed E-state index contributed by atoms with van der Waals surface area (Å²) in [5.74, 6) is -4.36. The number of ketones is 1. The molecule has 1 aliphatic heterocycles. The topological polar surface area (TPSA) is 223 Å². The average molecular weight is 661 g/mol. The first kappa shape index (κ1) is 34.3. The lowest BCUT2D eigenvalue weighted by Crippen LogP contribution is -2.52. The van der Waals surface area contributed by atoms with E-state index < -0.39 is 58.7 Å². The highest BCUT2D eigenvalue weighted by Gasteiger charge is 2.44. The van der Waals surface area contributed by atoms with Crippen LogP contribution < -0.4 is 16.6 Å². The van der Waals surface area contributed by atoms with E-state index in [-0.39, 0.29) is 36.7 Å². The van der Waals surface area contributed by atoms with Gasteiger partial charge in [0.2, 0.25) is 11.7 Å². The number of fused-ring (bicyclic) bond motifs is 1. The minimum Gasteiger partial charge on any atom is -0.384 e. The summed E-state index contributed by atoms with van der Waals surface area (Å²) in [7, 11) is 0. The Morgan fingerprint density at radius 3 is 2.54 bits per heavy atom. The number of hydrogen-bond donors (Lipinski definition) is 4. The molecule has 1 aliphatic carbocycles. The molecule has 0 radical (unpaired) electrons. The number of pyridine rings is 1. The predicted octanol–water partition coefficient (Wildman–Crippen LogP) is 1.30. The maximum Gasteiger partial charge on any atom is 0.293 e. The average Bonchev–Trinajstić information content (AvgIpc) is 3.72. The highest BCUT2D eigenvalue weighted by atomic mass is 16.3.